The summed E-state index contributed by atoms with van der Waals surface area (Å²) in [6, 6.07) is 0.297. The first-order chi connectivity index (χ1) is 9.15. The number of hydrogen-bond acceptors (Lipinski definition) is 3. The largest absolute Gasteiger partial charge is 0.481 e. The molecule has 0 unspecified atom stereocenters. The highest BCUT2D eigenvalue weighted by Crippen LogP contribution is 2.20. The lowest BCUT2D eigenvalue weighted by molar-refractivity contribution is -0.138. The van der Waals surface area contributed by atoms with Gasteiger partial charge in [0.15, 0.2) is 0 Å². The van der Waals surface area contributed by atoms with Gasteiger partial charge in [-0.25, -0.2) is 4.79 Å². The van der Waals surface area contributed by atoms with E-state index < -0.39 is 5.97 Å². The Labute approximate surface area is 113 Å². The van der Waals surface area contributed by atoms with Gasteiger partial charge in [0.2, 0.25) is 0 Å². The van der Waals surface area contributed by atoms with Crippen LogP contribution in [-0.4, -0.2) is 54.2 Å². The van der Waals surface area contributed by atoms with E-state index in [0.29, 0.717) is 13.1 Å². The van der Waals surface area contributed by atoms with Crippen molar-refractivity contribution in [1.29, 1.82) is 0 Å². The minimum atomic E-state index is -0.738. The molecular weight excluding hydrogens is 246 g/mol. The summed E-state index contributed by atoms with van der Waals surface area (Å²) in [5, 5.41) is 15.1. The van der Waals surface area contributed by atoms with Crippen LogP contribution >= 0.6 is 0 Å². The van der Waals surface area contributed by atoms with Crippen molar-refractivity contribution >= 4 is 12.0 Å². The maximum atomic E-state index is 12.1. The van der Waals surface area contributed by atoms with Crippen molar-refractivity contribution in [3.8, 4) is 0 Å². The number of piperidine rings is 2. The van der Waals surface area contributed by atoms with E-state index in [0.717, 1.165) is 38.8 Å². The quantitative estimate of drug-likeness (QED) is 0.702. The zero-order valence-corrected chi connectivity index (χ0v) is 11.2. The molecule has 0 saturated carbocycles. The van der Waals surface area contributed by atoms with E-state index in [2.05, 4.69) is 10.6 Å². The first kappa shape index (κ1) is 14.1. The maximum Gasteiger partial charge on any atom is 0.317 e. The zero-order valence-electron chi connectivity index (χ0n) is 11.2. The van der Waals surface area contributed by atoms with Gasteiger partial charge in [-0.1, -0.05) is 0 Å². The SMILES string of the molecule is O=C(O)CC1CCN(C(=O)NC2CCNCC2)CC1. The molecule has 0 aliphatic carbocycles. The molecule has 0 aromatic heterocycles. The van der Waals surface area contributed by atoms with Crippen LogP contribution in [0.4, 0.5) is 4.79 Å². The fraction of sp³-hybridized carbons (Fsp3) is 0.846. The number of carboxylic acids is 1. The van der Waals surface area contributed by atoms with Crippen molar-refractivity contribution in [2.45, 2.75) is 38.1 Å². The summed E-state index contributed by atoms with van der Waals surface area (Å²) in [7, 11) is 0. The second-order valence-electron chi connectivity index (χ2n) is 5.50. The molecule has 3 N–H and O–H groups in total. The van der Waals surface area contributed by atoms with E-state index in [1.54, 1.807) is 0 Å². The molecule has 2 heterocycles. The minimum absolute atomic E-state index is 0.0145. The van der Waals surface area contributed by atoms with Crippen molar-refractivity contribution in [3.63, 3.8) is 0 Å². The molecule has 2 fully saturated rings. The first-order valence-electron chi connectivity index (χ1n) is 7.13. The fourth-order valence-electron chi connectivity index (χ4n) is 2.82. The highest BCUT2D eigenvalue weighted by Gasteiger charge is 2.25. The Morgan fingerprint density at radius 3 is 2.37 bits per heavy atom. The summed E-state index contributed by atoms with van der Waals surface area (Å²) in [6.45, 7) is 3.28. The number of amides is 2. The summed E-state index contributed by atoms with van der Waals surface area (Å²) in [4.78, 5) is 24.5. The van der Waals surface area contributed by atoms with E-state index in [1.807, 2.05) is 4.90 Å². The molecule has 6 heteroatoms. The van der Waals surface area contributed by atoms with Gasteiger partial charge < -0.3 is 20.6 Å². The second-order valence-corrected chi connectivity index (χ2v) is 5.50. The van der Waals surface area contributed by atoms with Gasteiger partial charge in [-0.15, -0.1) is 0 Å². The van der Waals surface area contributed by atoms with Crippen LogP contribution in [-0.2, 0) is 4.79 Å². The van der Waals surface area contributed by atoms with Crippen molar-refractivity contribution in [1.82, 2.24) is 15.5 Å². The Morgan fingerprint density at radius 2 is 1.79 bits per heavy atom. The van der Waals surface area contributed by atoms with Crippen LogP contribution in [0.15, 0.2) is 0 Å². The van der Waals surface area contributed by atoms with Crippen LogP contribution in [0.3, 0.4) is 0 Å². The van der Waals surface area contributed by atoms with Gasteiger partial charge in [-0.3, -0.25) is 4.79 Å². The van der Waals surface area contributed by atoms with E-state index in [-0.39, 0.29) is 24.4 Å². The van der Waals surface area contributed by atoms with Gasteiger partial charge in [-0.05, 0) is 44.7 Å². The van der Waals surface area contributed by atoms with Crippen LogP contribution in [0, 0.1) is 5.92 Å². The van der Waals surface area contributed by atoms with Gasteiger partial charge in [0.25, 0.3) is 0 Å². The van der Waals surface area contributed by atoms with E-state index in [9.17, 15) is 9.59 Å². The smallest absolute Gasteiger partial charge is 0.317 e. The van der Waals surface area contributed by atoms with E-state index >= 15 is 0 Å². The van der Waals surface area contributed by atoms with Gasteiger partial charge in [0.05, 0.1) is 0 Å². The summed E-state index contributed by atoms with van der Waals surface area (Å²) in [5.74, 6) is -0.516. The number of carbonyl (C=O) groups excluding carboxylic acids is 1. The Bertz CT molecular complexity index is 321. The monoisotopic (exact) mass is 269 g/mol. The van der Waals surface area contributed by atoms with Gasteiger partial charge in [0.1, 0.15) is 0 Å². The van der Waals surface area contributed by atoms with Crippen molar-refractivity contribution in [3.05, 3.63) is 0 Å². The average molecular weight is 269 g/mol. The number of urea groups is 1. The molecule has 2 saturated heterocycles. The summed E-state index contributed by atoms with van der Waals surface area (Å²) >= 11 is 0. The highest BCUT2D eigenvalue weighted by atomic mass is 16.4. The molecule has 2 aliphatic rings. The third-order valence-electron chi connectivity index (χ3n) is 4.03. The summed E-state index contributed by atoms with van der Waals surface area (Å²) in [5.41, 5.74) is 0. The summed E-state index contributed by atoms with van der Waals surface area (Å²) in [6.07, 6.45) is 3.80. The van der Waals surface area contributed by atoms with Gasteiger partial charge >= 0.3 is 12.0 Å². The number of nitrogens with zero attached hydrogens (tertiary/aromatic N) is 1. The Balaban J connectivity index is 1.71. The zero-order chi connectivity index (χ0) is 13.7. The van der Waals surface area contributed by atoms with Crippen LogP contribution in [0.2, 0.25) is 0 Å². The van der Waals surface area contributed by atoms with Gasteiger partial charge in [-0.2, -0.15) is 0 Å². The number of aliphatic carboxylic acids is 1. The van der Waals surface area contributed by atoms with Crippen molar-refractivity contribution in [2.75, 3.05) is 26.2 Å². The third kappa shape index (κ3) is 4.38. The third-order valence-corrected chi connectivity index (χ3v) is 4.03. The Kier molecular flexibility index (Phi) is 5.01. The minimum Gasteiger partial charge on any atom is -0.481 e. The van der Waals surface area contributed by atoms with Crippen LogP contribution in [0.25, 0.3) is 0 Å². The van der Waals surface area contributed by atoms with Crippen LogP contribution in [0.1, 0.15) is 32.1 Å². The number of hydrogen-bond donors (Lipinski definition) is 3. The standard InChI is InChI=1S/C13H23N3O3/c17-12(18)9-10-3-7-16(8-4-10)13(19)15-11-1-5-14-6-2-11/h10-11,14H,1-9H2,(H,15,19)(H,17,18). The lowest BCUT2D eigenvalue weighted by Crippen LogP contribution is -2.50. The lowest BCUT2D eigenvalue weighted by atomic mass is 9.94. The van der Waals surface area contributed by atoms with Crippen molar-refractivity contribution < 1.29 is 14.7 Å². The molecule has 0 atom stereocenters. The van der Waals surface area contributed by atoms with Crippen molar-refractivity contribution in [2.24, 2.45) is 5.92 Å². The molecule has 0 bridgehead atoms. The maximum absolute atomic E-state index is 12.1. The number of rotatable bonds is 3. The summed E-state index contributed by atoms with van der Waals surface area (Å²) < 4.78 is 0. The van der Waals surface area contributed by atoms with E-state index in [4.69, 9.17) is 5.11 Å². The molecule has 2 amide bonds. The molecular formula is C13H23N3O3. The molecule has 0 radical (unpaired) electrons. The predicted molar refractivity (Wildman–Crippen MR) is 71.0 cm³/mol. The molecule has 6 nitrogen and oxygen atoms in total. The number of carboxylic acid groups (broad SMARTS) is 1. The molecule has 108 valence electrons. The molecule has 19 heavy (non-hydrogen) atoms. The molecule has 0 spiro atoms. The normalized spacial score (nSPS) is 22.2. The average Bonchev–Trinajstić information content (AvgIpc) is 2.40. The number of likely N-dealkylation sites (tertiary alicyclic amines) is 1. The topological polar surface area (TPSA) is 81.7 Å². The number of carbonyl (C=O) groups is 2. The second kappa shape index (κ2) is 6.75. The van der Waals surface area contributed by atoms with Gasteiger partial charge in [0, 0.05) is 25.6 Å². The molecule has 2 aliphatic heterocycles. The molecule has 0 aromatic rings. The lowest BCUT2D eigenvalue weighted by Gasteiger charge is -2.33. The highest BCUT2D eigenvalue weighted by molar-refractivity contribution is 5.74. The van der Waals surface area contributed by atoms with Crippen LogP contribution in [0.5, 0.6) is 0 Å². The van der Waals surface area contributed by atoms with E-state index in [1.165, 1.54) is 0 Å². The predicted octanol–water partition coefficient (Wildman–Crippen LogP) is 0.635. The molecule has 0 aromatic carbocycles. The Hall–Kier alpha value is -1.30. The fourth-order valence-corrected chi connectivity index (χ4v) is 2.82. The molecule has 2 rings (SSSR count). The van der Waals surface area contributed by atoms with Crippen LogP contribution < -0.4 is 10.6 Å². The first-order valence-corrected chi connectivity index (χ1v) is 7.13. The Morgan fingerprint density at radius 1 is 1.16 bits per heavy atom. The number of nitrogens with one attached hydrogen (secondary N) is 2.